The molecule has 5 atom stereocenters. The van der Waals surface area contributed by atoms with Crippen molar-refractivity contribution in [2.45, 2.75) is 47.0 Å². The van der Waals surface area contributed by atoms with Gasteiger partial charge in [0.15, 0.2) is 0 Å². The number of hydrogen-bond donors (Lipinski definition) is 0. The van der Waals surface area contributed by atoms with Crippen LogP contribution in [0, 0.1) is 29.1 Å². The topological polar surface area (TPSA) is 0 Å². The Balaban J connectivity index is 2.17. The zero-order valence-corrected chi connectivity index (χ0v) is 8.93. The van der Waals surface area contributed by atoms with Crippen molar-refractivity contribution in [1.29, 1.82) is 0 Å². The summed E-state index contributed by atoms with van der Waals surface area (Å²) in [7, 11) is 0. The summed E-state index contributed by atoms with van der Waals surface area (Å²) in [4.78, 5) is 0. The van der Waals surface area contributed by atoms with Crippen molar-refractivity contribution in [3.8, 4) is 0 Å². The van der Waals surface area contributed by atoms with Crippen LogP contribution in [0.15, 0.2) is 0 Å². The highest BCUT2D eigenvalue weighted by atomic mass is 14.6. The van der Waals surface area contributed by atoms with E-state index in [0.717, 1.165) is 29.1 Å². The highest BCUT2D eigenvalue weighted by Crippen LogP contribution is 2.64. The second kappa shape index (κ2) is 2.49. The van der Waals surface area contributed by atoms with Crippen LogP contribution in [0.4, 0.5) is 0 Å². The van der Waals surface area contributed by atoms with Crippen LogP contribution in [-0.4, -0.2) is 0 Å². The minimum Gasteiger partial charge on any atom is -0.0651 e. The van der Waals surface area contributed by atoms with Crippen LogP contribution in [-0.2, 0) is 0 Å². The second-order valence-corrected chi connectivity index (χ2v) is 5.48. The Bertz CT molecular complexity index is 184. The molecule has 5 unspecified atom stereocenters. The van der Waals surface area contributed by atoms with E-state index in [2.05, 4.69) is 27.7 Å². The van der Waals surface area contributed by atoms with Gasteiger partial charge in [-0.3, -0.25) is 0 Å². The van der Waals surface area contributed by atoms with Crippen molar-refractivity contribution < 1.29 is 0 Å². The van der Waals surface area contributed by atoms with Gasteiger partial charge < -0.3 is 0 Å². The Morgan fingerprint density at radius 2 is 2.00 bits per heavy atom. The van der Waals surface area contributed by atoms with Crippen LogP contribution in [0.5, 0.6) is 0 Å². The summed E-state index contributed by atoms with van der Waals surface area (Å²) in [6, 6.07) is 0. The zero-order chi connectivity index (χ0) is 8.93. The molecule has 3 saturated carbocycles. The van der Waals surface area contributed by atoms with Crippen LogP contribution in [0.3, 0.4) is 0 Å². The second-order valence-electron chi connectivity index (χ2n) is 5.48. The molecule has 0 aliphatic heterocycles. The molecule has 0 N–H and O–H groups in total. The van der Waals surface area contributed by atoms with E-state index in [1.807, 2.05) is 0 Å². The van der Waals surface area contributed by atoms with Gasteiger partial charge >= 0.3 is 0 Å². The molecule has 3 aliphatic rings. The van der Waals surface area contributed by atoms with Crippen molar-refractivity contribution in [2.24, 2.45) is 29.1 Å². The highest BCUT2D eigenvalue weighted by Gasteiger charge is 2.57. The van der Waals surface area contributed by atoms with Gasteiger partial charge in [-0.1, -0.05) is 34.1 Å². The third-order valence-electron chi connectivity index (χ3n) is 5.17. The fraction of sp³-hybridized carbons (Fsp3) is 1.00. The third-order valence-corrected chi connectivity index (χ3v) is 5.17. The lowest BCUT2D eigenvalue weighted by atomic mass is 9.42. The van der Waals surface area contributed by atoms with Gasteiger partial charge in [-0.15, -0.1) is 0 Å². The zero-order valence-electron chi connectivity index (χ0n) is 8.93. The first-order valence-corrected chi connectivity index (χ1v) is 5.59. The first-order chi connectivity index (χ1) is 5.59. The molecule has 0 nitrogen and oxygen atoms in total. The van der Waals surface area contributed by atoms with Gasteiger partial charge in [0.25, 0.3) is 0 Å². The molecule has 0 spiro atoms. The van der Waals surface area contributed by atoms with Crippen molar-refractivity contribution in [1.82, 2.24) is 0 Å². The van der Waals surface area contributed by atoms with Crippen molar-refractivity contribution in [3.63, 3.8) is 0 Å². The molecule has 0 aromatic rings. The summed E-state index contributed by atoms with van der Waals surface area (Å²) >= 11 is 0. The number of hydrogen-bond acceptors (Lipinski definition) is 0. The lowest BCUT2D eigenvalue weighted by Crippen LogP contribution is -2.56. The van der Waals surface area contributed by atoms with Gasteiger partial charge in [0, 0.05) is 0 Å². The van der Waals surface area contributed by atoms with Crippen molar-refractivity contribution in [3.05, 3.63) is 0 Å². The van der Waals surface area contributed by atoms with E-state index in [0.29, 0.717) is 0 Å². The van der Waals surface area contributed by atoms with Gasteiger partial charge in [0.2, 0.25) is 0 Å². The molecule has 0 amide bonds. The van der Waals surface area contributed by atoms with Gasteiger partial charge in [-0.25, -0.2) is 0 Å². The molecule has 2 bridgehead atoms. The number of rotatable bonds is 1. The van der Waals surface area contributed by atoms with E-state index >= 15 is 0 Å². The Labute approximate surface area is 76.7 Å². The molecule has 0 heterocycles. The van der Waals surface area contributed by atoms with Gasteiger partial charge in [0.1, 0.15) is 0 Å². The molecule has 12 heavy (non-hydrogen) atoms. The van der Waals surface area contributed by atoms with E-state index in [9.17, 15) is 0 Å². The largest absolute Gasteiger partial charge is 0.0651 e. The molecule has 3 fully saturated rings. The SMILES string of the molecule is CCC1CC(C)C2CC1(C)C2C. The normalized spacial score (nSPS) is 58.0. The molecular weight excluding hydrogens is 144 g/mol. The standard InChI is InChI=1S/C12H22/c1-5-10-6-8(2)11-7-12(10,4)9(11)3/h8-11H,5-7H2,1-4H3. The van der Waals surface area contributed by atoms with Crippen LogP contribution in [0.25, 0.3) is 0 Å². The fourth-order valence-corrected chi connectivity index (χ4v) is 3.96. The molecule has 3 rings (SSSR count). The Hall–Kier alpha value is 0. The van der Waals surface area contributed by atoms with Gasteiger partial charge in [-0.05, 0) is 41.9 Å². The van der Waals surface area contributed by atoms with E-state index in [4.69, 9.17) is 0 Å². The van der Waals surface area contributed by atoms with Crippen molar-refractivity contribution in [2.75, 3.05) is 0 Å². The minimum atomic E-state index is 0.728. The monoisotopic (exact) mass is 166 g/mol. The van der Waals surface area contributed by atoms with Crippen LogP contribution >= 0.6 is 0 Å². The van der Waals surface area contributed by atoms with E-state index in [1.165, 1.54) is 19.3 Å². The molecule has 0 radical (unpaired) electrons. The van der Waals surface area contributed by atoms with E-state index in [-0.39, 0.29) is 0 Å². The first-order valence-electron chi connectivity index (χ1n) is 5.59. The fourth-order valence-electron chi connectivity index (χ4n) is 3.96. The number of fused-ring (bicyclic) bond motifs is 2. The minimum absolute atomic E-state index is 0.728. The molecule has 3 aliphatic carbocycles. The smallest absolute Gasteiger partial charge is 0.0266 e. The summed E-state index contributed by atoms with van der Waals surface area (Å²) in [5.41, 5.74) is 0.728. The highest BCUT2D eigenvalue weighted by molar-refractivity contribution is 5.06. The molecule has 0 saturated heterocycles. The predicted molar refractivity (Wildman–Crippen MR) is 52.9 cm³/mol. The Kier molecular flexibility index (Phi) is 1.79. The van der Waals surface area contributed by atoms with Gasteiger partial charge in [-0.2, -0.15) is 0 Å². The summed E-state index contributed by atoms with van der Waals surface area (Å²) in [5.74, 6) is 4.10. The average molecular weight is 166 g/mol. The van der Waals surface area contributed by atoms with Crippen LogP contribution < -0.4 is 0 Å². The maximum absolute atomic E-state index is 2.52. The molecule has 0 aromatic carbocycles. The van der Waals surface area contributed by atoms with Crippen molar-refractivity contribution >= 4 is 0 Å². The average Bonchev–Trinajstić information content (AvgIpc) is 2.07. The maximum atomic E-state index is 2.52. The third kappa shape index (κ3) is 0.843. The molecule has 70 valence electrons. The van der Waals surface area contributed by atoms with Gasteiger partial charge in [0.05, 0.1) is 0 Å². The quantitative estimate of drug-likeness (QED) is 0.557. The van der Waals surface area contributed by atoms with Crippen LogP contribution in [0.2, 0.25) is 0 Å². The molecule has 0 aromatic heterocycles. The van der Waals surface area contributed by atoms with E-state index < -0.39 is 0 Å². The predicted octanol–water partition coefficient (Wildman–Crippen LogP) is 3.71. The summed E-state index contributed by atoms with van der Waals surface area (Å²) in [5, 5.41) is 0. The van der Waals surface area contributed by atoms with Crippen LogP contribution in [0.1, 0.15) is 47.0 Å². The molecule has 0 heteroatoms. The summed E-state index contributed by atoms with van der Waals surface area (Å²) in [6.45, 7) is 9.83. The Morgan fingerprint density at radius 3 is 2.50 bits per heavy atom. The maximum Gasteiger partial charge on any atom is -0.0266 e. The molecular formula is C12H22. The Morgan fingerprint density at radius 1 is 1.33 bits per heavy atom. The lowest BCUT2D eigenvalue weighted by molar-refractivity contribution is -0.145. The summed E-state index contributed by atoms with van der Waals surface area (Å²) in [6.07, 6.45) is 4.42. The lowest BCUT2D eigenvalue weighted by Gasteiger charge is -2.63. The summed E-state index contributed by atoms with van der Waals surface area (Å²) < 4.78 is 0. The first kappa shape index (κ1) is 8.59. The van der Waals surface area contributed by atoms with E-state index in [1.54, 1.807) is 0 Å².